The largest absolute Gasteiger partial charge is 0.493 e. The van der Waals surface area contributed by atoms with Crippen molar-refractivity contribution >= 4 is 22.4 Å². The van der Waals surface area contributed by atoms with Crippen LogP contribution in [0, 0.1) is 0 Å². The predicted molar refractivity (Wildman–Crippen MR) is 152 cm³/mol. The van der Waals surface area contributed by atoms with Gasteiger partial charge in [0.2, 0.25) is 5.75 Å². The Balaban J connectivity index is 1.50. The fourth-order valence-corrected chi connectivity index (χ4v) is 5.18. The minimum Gasteiger partial charge on any atom is -0.493 e. The molecule has 0 aliphatic rings. The van der Waals surface area contributed by atoms with Crippen LogP contribution in [0.3, 0.4) is 0 Å². The molecule has 0 saturated carbocycles. The summed E-state index contributed by atoms with van der Waals surface area (Å²) in [6.07, 6.45) is 0. The number of nitrogens with one attached hydrogen (secondary N) is 1. The Morgan fingerprint density at radius 3 is 1.76 bits per heavy atom. The Kier molecular flexibility index (Phi) is 7.38. The molecule has 0 aliphatic heterocycles. The molecule has 0 aliphatic carbocycles. The number of hydrogen-bond donors (Lipinski definition) is 1. The highest BCUT2D eigenvalue weighted by Gasteiger charge is 2.20. The Morgan fingerprint density at radius 2 is 1.21 bits per heavy atom. The number of amides is 1. The second-order valence-electron chi connectivity index (χ2n) is 8.37. The summed E-state index contributed by atoms with van der Waals surface area (Å²) >= 11 is 1.43. The molecule has 7 heteroatoms. The average molecular weight is 523 g/mol. The first-order chi connectivity index (χ1) is 18.6. The van der Waals surface area contributed by atoms with Crippen molar-refractivity contribution in [1.29, 1.82) is 0 Å². The summed E-state index contributed by atoms with van der Waals surface area (Å²) in [6.45, 7) is 0. The maximum absolute atomic E-state index is 13.2. The third-order valence-corrected chi connectivity index (χ3v) is 7.10. The van der Waals surface area contributed by atoms with Gasteiger partial charge < -0.3 is 14.2 Å². The van der Waals surface area contributed by atoms with Gasteiger partial charge in [0.15, 0.2) is 16.6 Å². The SMILES string of the molecule is COc1cc(C(=O)Nc2nc(-c3ccccc3)c(-c3ccc(-c4ccccc4)cc3)s2)cc(OC)c1OC. The molecule has 1 amide bonds. The van der Waals surface area contributed by atoms with Gasteiger partial charge in [-0.2, -0.15) is 0 Å². The molecule has 4 aromatic carbocycles. The zero-order valence-corrected chi connectivity index (χ0v) is 22.0. The van der Waals surface area contributed by atoms with Crippen molar-refractivity contribution in [1.82, 2.24) is 4.98 Å². The van der Waals surface area contributed by atoms with Gasteiger partial charge in [0.25, 0.3) is 5.91 Å². The second-order valence-corrected chi connectivity index (χ2v) is 9.37. The maximum atomic E-state index is 13.2. The number of carbonyl (C=O) groups is 1. The summed E-state index contributed by atoms with van der Waals surface area (Å²) < 4.78 is 16.2. The lowest BCUT2D eigenvalue weighted by molar-refractivity contribution is 0.102. The van der Waals surface area contributed by atoms with E-state index in [0.717, 1.165) is 32.8 Å². The smallest absolute Gasteiger partial charge is 0.257 e. The van der Waals surface area contributed by atoms with Crippen LogP contribution in [-0.2, 0) is 0 Å². The molecule has 0 spiro atoms. The van der Waals surface area contributed by atoms with E-state index in [1.165, 1.54) is 32.7 Å². The van der Waals surface area contributed by atoms with Crippen LogP contribution in [0.15, 0.2) is 97.1 Å². The molecule has 1 N–H and O–H groups in total. The van der Waals surface area contributed by atoms with Crippen molar-refractivity contribution in [2.24, 2.45) is 0 Å². The highest BCUT2D eigenvalue weighted by Crippen LogP contribution is 2.41. The van der Waals surface area contributed by atoms with E-state index in [1.807, 2.05) is 48.5 Å². The molecule has 5 rings (SSSR count). The van der Waals surface area contributed by atoms with Gasteiger partial charge >= 0.3 is 0 Å². The van der Waals surface area contributed by atoms with Crippen molar-refractivity contribution in [2.75, 3.05) is 26.6 Å². The molecule has 0 saturated heterocycles. The molecule has 6 nitrogen and oxygen atoms in total. The van der Waals surface area contributed by atoms with Crippen LogP contribution >= 0.6 is 11.3 Å². The molecule has 0 atom stereocenters. The Morgan fingerprint density at radius 1 is 0.684 bits per heavy atom. The molecule has 0 unspecified atom stereocenters. The van der Waals surface area contributed by atoms with Gasteiger partial charge in [0.1, 0.15) is 0 Å². The lowest BCUT2D eigenvalue weighted by atomic mass is 10.0. The van der Waals surface area contributed by atoms with Crippen molar-refractivity contribution in [3.05, 3.63) is 103 Å². The Bertz CT molecular complexity index is 1520. The molecular formula is C31H26N2O4S. The zero-order valence-electron chi connectivity index (χ0n) is 21.2. The number of carbonyl (C=O) groups excluding carboxylic acids is 1. The number of anilines is 1. The Hall–Kier alpha value is -4.62. The van der Waals surface area contributed by atoms with E-state index in [-0.39, 0.29) is 5.91 Å². The van der Waals surface area contributed by atoms with Gasteiger partial charge in [-0.05, 0) is 28.8 Å². The summed E-state index contributed by atoms with van der Waals surface area (Å²) in [4.78, 5) is 19.0. The van der Waals surface area contributed by atoms with Crippen LogP contribution in [0.5, 0.6) is 17.2 Å². The molecule has 0 bridgehead atoms. The van der Waals surface area contributed by atoms with E-state index in [2.05, 4.69) is 41.7 Å². The van der Waals surface area contributed by atoms with Gasteiger partial charge in [-0.1, -0.05) is 96.3 Å². The Labute approximate surface area is 225 Å². The van der Waals surface area contributed by atoms with E-state index in [9.17, 15) is 4.79 Å². The second kappa shape index (κ2) is 11.2. The van der Waals surface area contributed by atoms with Crippen molar-refractivity contribution in [3.63, 3.8) is 0 Å². The first kappa shape index (κ1) is 25.0. The molecule has 190 valence electrons. The minimum absolute atomic E-state index is 0.330. The number of methoxy groups -OCH3 is 3. The number of thiazole rings is 1. The van der Waals surface area contributed by atoms with Crippen LogP contribution in [0.1, 0.15) is 10.4 Å². The number of nitrogens with zero attached hydrogens (tertiary/aromatic N) is 1. The third kappa shape index (κ3) is 5.10. The summed E-state index contributed by atoms with van der Waals surface area (Å²) in [6, 6.07) is 31.8. The van der Waals surface area contributed by atoms with Gasteiger partial charge in [0.05, 0.1) is 31.9 Å². The van der Waals surface area contributed by atoms with Gasteiger partial charge in [-0.15, -0.1) is 0 Å². The van der Waals surface area contributed by atoms with Crippen molar-refractivity contribution in [3.8, 4) is 50.1 Å². The highest BCUT2D eigenvalue weighted by atomic mass is 32.1. The van der Waals surface area contributed by atoms with Gasteiger partial charge in [-0.3, -0.25) is 10.1 Å². The number of aromatic nitrogens is 1. The average Bonchev–Trinajstić information content (AvgIpc) is 3.41. The van der Waals surface area contributed by atoms with E-state index in [0.29, 0.717) is 27.9 Å². The molecule has 0 fully saturated rings. The van der Waals surface area contributed by atoms with Crippen LogP contribution in [0.4, 0.5) is 5.13 Å². The summed E-state index contributed by atoms with van der Waals surface area (Å²) in [5, 5.41) is 3.44. The fourth-order valence-electron chi connectivity index (χ4n) is 4.19. The van der Waals surface area contributed by atoms with E-state index < -0.39 is 0 Å². The van der Waals surface area contributed by atoms with Crippen LogP contribution in [0.2, 0.25) is 0 Å². The molecule has 1 aromatic heterocycles. The number of ether oxygens (including phenoxy) is 3. The van der Waals surface area contributed by atoms with E-state index in [1.54, 1.807) is 12.1 Å². The lowest BCUT2D eigenvalue weighted by Gasteiger charge is -2.13. The summed E-state index contributed by atoms with van der Waals surface area (Å²) in [5.41, 5.74) is 5.46. The zero-order chi connectivity index (χ0) is 26.5. The van der Waals surface area contributed by atoms with Crippen molar-refractivity contribution in [2.45, 2.75) is 0 Å². The predicted octanol–water partition coefficient (Wildman–Crippen LogP) is 7.42. The molecule has 1 heterocycles. The standard InChI is InChI=1S/C31H26N2O4S/c1-35-25-18-24(19-26(36-2)28(25)37-3)30(34)33-31-32-27(22-12-8-5-9-13-22)29(38-31)23-16-14-21(15-17-23)20-10-6-4-7-11-20/h4-19H,1-3H3,(H,32,33,34). The van der Waals surface area contributed by atoms with Crippen molar-refractivity contribution < 1.29 is 19.0 Å². The first-order valence-electron chi connectivity index (χ1n) is 11.9. The molecule has 5 aromatic rings. The van der Waals surface area contributed by atoms with Gasteiger partial charge in [-0.25, -0.2) is 4.98 Å². The molecule has 0 radical (unpaired) electrons. The molecular weight excluding hydrogens is 496 g/mol. The van der Waals surface area contributed by atoms with E-state index >= 15 is 0 Å². The minimum atomic E-state index is -0.330. The normalized spacial score (nSPS) is 10.6. The number of benzene rings is 4. The topological polar surface area (TPSA) is 69.7 Å². The molecule has 38 heavy (non-hydrogen) atoms. The van der Waals surface area contributed by atoms with Crippen LogP contribution < -0.4 is 19.5 Å². The van der Waals surface area contributed by atoms with E-state index in [4.69, 9.17) is 19.2 Å². The number of rotatable bonds is 8. The van der Waals surface area contributed by atoms with Crippen LogP contribution in [0.25, 0.3) is 32.8 Å². The van der Waals surface area contributed by atoms with Gasteiger partial charge in [0, 0.05) is 11.1 Å². The van der Waals surface area contributed by atoms with Crippen LogP contribution in [-0.4, -0.2) is 32.2 Å². The first-order valence-corrected chi connectivity index (χ1v) is 12.8. The maximum Gasteiger partial charge on any atom is 0.257 e. The monoisotopic (exact) mass is 522 g/mol. The number of hydrogen-bond acceptors (Lipinski definition) is 6. The quantitative estimate of drug-likeness (QED) is 0.230. The summed E-state index contributed by atoms with van der Waals surface area (Å²) in [5.74, 6) is 0.901. The third-order valence-electron chi connectivity index (χ3n) is 6.08. The lowest BCUT2D eigenvalue weighted by Crippen LogP contribution is -2.12. The fraction of sp³-hybridized carbons (Fsp3) is 0.0968. The highest BCUT2D eigenvalue weighted by molar-refractivity contribution is 7.19. The summed E-state index contributed by atoms with van der Waals surface area (Å²) in [7, 11) is 4.55.